The first-order valence-electron chi connectivity index (χ1n) is 0.616. The summed E-state index contributed by atoms with van der Waals surface area (Å²) in [5, 5.41) is 0. The summed E-state index contributed by atoms with van der Waals surface area (Å²) in [7, 11) is 0. The first-order chi connectivity index (χ1) is 1.41. The first-order valence-corrected chi connectivity index (χ1v) is 1.13. The van der Waals surface area contributed by atoms with Crippen LogP contribution in [0.2, 0.25) is 1.41 Å². The van der Waals surface area contributed by atoms with E-state index in [1.807, 2.05) is 0 Å². The van der Waals surface area contributed by atoms with Gasteiger partial charge in [-0.15, -0.1) is 1.41 Å². The maximum Gasteiger partial charge on any atom is 0 e. The minimum Gasteiger partial charge on any atom is -0.616 e. The third-order valence-corrected chi connectivity index (χ3v) is 0. The van der Waals surface area contributed by atoms with Gasteiger partial charge in [-0.25, -0.2) is 22.9 Å². The topological polar surface area (TPSA) is 23.8 Å². The van der Waals surface area contributed by atoms with Crippen LogP contribution >= 0.6 is 22.9 Å². The van der Waals surface area contributed by atoms with Crippen molar-refractivity contribution in [1.82, 2.24) is 0 Å². The zero-order valence-electron chi connectivity index (χ0n) is 4.71. The van der Waals surface area contributed by atoms with Crippen LogP contribution in [0.1, 0.15) is 0 Å². The molecule has 0 aliphatic carbocycles. The Morgan fingerprint density at radius 2 is 1.00 bits per heavy atom. The Labute approximate surface area is 186 Å². The van der Waals surface area contributed by atoms with Gasteiger partial charge in [0.05, 0.1) is 0 Å². The van der Waals surface area contributed by atoms with Crippen LogP contribution in [0.5, 0.6) is 0 Å². The van der Waals surface area contributed by atoms with Crippen molar-refractivity contribution in [2.24, 2.45) is 0 Å². The second-order valence-electron chi connectivity index (χ2n) is 0. The van der Waals surface area contributed by atoms with Gasteiger partial charge in [-0.3, -0.25) is 0 Å². The summed E-state index contributed by atoms with van der Waals surface area (Å²) in [6.45, 7) is 0. The summed E-state index contributed by atoms with van der Waals surface area (Å²) in [5.41, 5.74) is 0. The van der Waals surface area contributed by atoms with E-state index in [1.165, 1.54) is 0 Å². The molecule has 0 bridgehead atoms. The van der Waals surface area contributed by atoms with Gasteiger partial charge >= 0.3 is 0 Å². The molecule has 0 aromatic rings. The molecule has 0 unspecified atom stereocenters. The van der Waals surface area contributed by atoms with E-state index in [1.54, 1.807) is 22.9 Å². The summed E-state index contributed by atoms with van der Waals surface area (Å²) >= 11 is 1.58. The van der Waals surface area contributed by atoms with Gasteiger partial charge < -0.3 is 3.94 Å². The van der Waals surface area contributed by atoms with Gasteiger partial charge in [-0.1, -0.05) is 0 Å². The van der Waals surface area contributed by atoms with Gasteiger partial charge in [0, 0.05) is 164 Å². The Morgan fingerprint density at radius 1 is 1.00 bits per heavy atom. The van der Waals surface area contributed by atoms with Crippen molar-refractivity contribution in [3.63, 3.8) is 0 Å². The van der Waals surface area contributed by atoms with Crippen LogP contribution in [0.3, 0.4) is 0 Å². The van der Waals surface area contributed by atoms with E-state index in [9.17, 15) is 0 Å². The van der Waals surface area contributed by atoms with Crippen molar-refractivity contribution in [2.75, 3.05) is 0 Å². The molecule has 0 saturated carbocycles. The predicted molar refractivity (Wildman–Crippen MR) is 18.3 cm³/mol. The van der Waals surface area contributed by atoms with E-state index in [4.69, 9.17) is 1.41 Å². The molecular weight excluding hydrogens is 585 g/mol. The summed E-state index contributed by atoms with van der Waals surface area (Å²) in [4.78, 5) is 0. The van der Waals surface area contributed by atoms with Crippen molar-refractivity contribution in [3.05, 3.63) is 3.94 Å². The van der Waals surface area contributed by atoms with Crippen LogP contribution in [0, 0.1) is 0 Å². The van der Waals surface area contributed by atoms with Gasteiger partial charge in [-0.2, -0.15) is 0 Å². The second kappa shape index (κ2) is 39.8. The molecule has 0 aromatic carbocycles. The normalized spacial score (nSPS) is 2.71. The molecule has 7 heteroatoms. The zero-order chi connectivity index (χ0) is 2.71. The third kappa shape index (κ3) is 33.0. The molecule has 0 aromatic heterocycles. The van der Waals surface area contributed by atoms with E-state index in [0.29, 0.717) is 0 Å². The Kier molecular flexibility index (Phi) is 166. The van der Waals surface area contributed by atoms with Gasteiger partial charge in [-0.05, 0) is 0 Å². The van der Waals surface area contributed by atoms with E-state index in [2.05, 4.69) is 3.94 Å². The molecule has 0 atom stereocenters. The molecule has 0 fully saturated rings. The monoisotopic (exact) mass is 588 g/mol. The van der Waals surface area contributed by atoms with Crippen LogP contribution in [0.15, 0.2) is 0 Å². The fourth-order valence-electron chi connectivity index (χ4n) is 0. The van der Waals surface area contributed by atoms with E-state index >= 15 is 0 Å². The van der Waals surface area contributed by atoms with E-state index in [-0.39, 0.29) is 164 Å². The molecule has 0 aliphatic heterocycles. The van der Waals surface area contributed by atoms with Gasteiger partial charge in [0.15, 0.2) is 0 Å². The van der Waals surface area contributed by atoms with Crippen molar-refractivity contribution in [2.45, 2.75) is 0 Å². The second-order valence-corrected chi connectivity index (χ2v) is 0. The molecule has 0 saturated heterocycles. The smallest absolute Gasteiger partial charge is 0 e. The molecule has 29 valence electrons. The fraction of sp³-hybridized carbons (Fsp3) is 0. The van der Waals surface area contributed by atoms with Crippen LogP contribution in [0.4, 0.5) is 0 Å². The average Bonchev–Trinajstić information content (AvgIpc) is 0.918. The number of rotatable bonds is 0. The number of halogens is 1. The van der Waals surface area contributed by atoms with E-state index in [0.717, 1.165) is 0 Å². The standard InChI is InChI=1S/HIN.5Y/c1-2;;;;;/h2H;;;;;/q-1;;;;;/i/hT. The molecular formula is HINY5-. The molecule has 0 amide bonds. The van der Waals surface area contributed by atoms with Gasteiger partial charge in [0.2, 0.25) is 0 Å². The molecule has 0 rings (SSSR count). The fourth-order valence-corrected chi connectivity index (χ4v) is 0. The van der Waals surface area contributed by atoms with Gasteiger partial charge in [0.25, 0.3) is 0 Å². The quantitative estimate of drug-likeness (QED) is 0.383. The number of hydrogen-bond donors (Lipinski definition) is 0. The molecule has 0 aliphatic rings. The van der Waals surface area contributed by atoms with Crippen LogP contribution in [-0.2, 0) is 164 Å². The van der Waals surface area contributed by atoms with Crippen molar-refractivity contribution < 1.29 is 165 Å². The number of nitrogens with one attached hydrogen (secondary N) is 1. The van der Waals surface area contributed by atoms with Crippen molar-refractivity contribution in [3.8, 4) is 0 Å². The Bertz CT molecular complexity index is 12.4. The Hall–Kier alpha value is 6.21. The van der Waals surface area contributed by atoms with Crippen LogP contribution in [-0.4, -0.2) is 0 Å². The SMILES string of the molecule is [3H][N-]I.[Y].[Y].[Y].[Y].[Y]. The van der Waals surface area contributed by atoms with Crippen LogP contribution < -0.4 is 0 Å². The maximum atomic E-state index is 5.82. The summed E-state index contributed by atoms with van der Waals surface area (Å²) < 4.78 is 8.54. The molecule has 1 N–H and O–H groups in total. The molecule has 0 heterocycles. The Morgan fingerprint density at radius 3 is 1.00 bits per heavy atom. The average molecular weight is 588 g/mol. The summed E-state index contributed by atoms with van der Waals surface area (Å²) in [6.07, 6.45) is 0. The van der Waals surface area contributed by atoms with Crippen LogP contribution in [0.25, 0.3) is 3.94 Å². The van der Waals surface area contributed by atoms with Crippen molar-refractivity contribution in [1.29, 1.82) is 0 Å². The zero-order valence-corrected chi connectivity index (χ0v) is 20.1. The molecule has 0 spiro atoms. The van der Waals surface area contributed by atoms with E-state index < -0.39 is 0 Å². The van der Waals surface area contributed by atoms with Crippen molar-refractivity contribution >= 4 is 22.9 Å². The minimum atomic E-state index is 0. The molecule has 7 heavy (non-hydrogen) atoms. The molecule has 5 radical (unpaired) electrons. The summed E-state index contributed by atoms with van der Waals surface area (Å²) in [6, 6.07) is 0. The third-order valence-electron chi connectivity index (χ3n) is 0. The van der Waals surface area contributed by atoms with Gasteiger partial charge in [0.1, 0.15) is 0 Å². The molecule has 1 nitrogen and oxygen atoms in total. The predicted octanol–water partition coefficient (Wildman–Crippen LogP) is 1.38. The minimum absolute atomic E-state index is 0. The summed E-state index contributed by atoms with van der Waals surface area (Å²) in [5.74, 6) is 0. The number of hydrogen-bond acceptors (Lipinski definition) is 0. The maximum absolute atomic E-state index is 5.82. The first kappa shape index (κ1) is 29.2. The Balaban J connectivity index is -0.00000000200. The largest absolute Gasteiger partial charge is 0.616 e.